The summed E-state index contributed by atoms with van der Waals surface area (Å²) in [4.78, 5) is 26.4. The van der Waals surface area contributed by atoms with Crippen LogP contribution in [0.2, 0.25) is 0 Å². The number of hydrogen-bond acceptors (Lipinski definition) is 5. The predicted molar refractivity (Wildman–Crippen MR) is 75.6 cm³/mol. The minimum atomic E-state index is -0.287. The van der Waals surface area contributed by atoms with Crippen molar-refractivity contribution >= 4 is 23.2 Å². The number of carbonyl (C=O) groups is 2. The summed E-state index contributed by atoms with van der Waals surface area (Å²) in [5.74, 6) is 4.79. The Morgan fingerprint density at radius 1 is 1.42 bits per heavy atom. The Morgan fingerprint density at radius 3 is 2.74 bits per heavy atom. The van der Waals surface area contributed by atoms with Gasteiger partial charge in [-0.15, -0.1) is 11.3 Å². The van der Waals surface area contributed by atoms with Gasteiger partial charge in [-0.3, -0.25) is 19.9 Å². The summed E-state index contributed by atoms with van der Waals surface area (Å²) in [6, 6.07) is 3.63. The molecule has 0 radical (unpaired) electrons. The molecule has 4 N–H and O–H groups in total. The number of nitrogen functional groups attached to an aromatic ring is 1. The number of likely N-dealkylation sites (N-methyl/N-ethyl adjacent to an activating group) is 1. The standard InChI is InChI=1S/C12H20N4O2S/c1-3-6-16(8-11(17)14-2)7-9-4-5-10(19-9)12(18)15-13/h4-5H,3,6-8,13H2,1-2H3,(H,14,17)(H,15,18). The van der Waals surface area contributed by atoms with E-state index in [9.17, 15) is 9.59 Å². The highest BCUT2D eigenvalue weighted by atomic mass is 32.1. The zero-order valence-electron chi connectivity index (χ0n) is 11.2. The summed E-state index contributed by atoms with van der Waals surface area (Å²) < 4.78 is 0. The first kappa shape index (κ1) is 15.6. The van der Waals surface area contributed by atoms with Crippen LogP contribution in [0.1, 0.15) is 27.9 Å². The average molecular weight is 284 g/mol. The van der Waals surface area contributed by atoms with Crippen molar-refractivity contribution in [3.8, 4) is 0 Å². The van der Waals surface area contributed by atoms with Gasteiger partial charge in [0.1, 0.15) is 0 Å². The van der Waals surface area contributed by atoms with Gasteiger partial charge in [0.25, 0.3) is 5.91 Å². The van der Waals surface area contributed by atoms with Crippen LogP contribution in [0.5, 0.6) is 0 Å². The van der Waals surface area contributed by atoms with Crippen molar-refractivity contribution in [3.05, 3.63) is 21.9 Å². The van der Waals surface area contributed by atoms with Gasteiger partial charge in [0.2, 0.25) is 5.91 Å². The molecule has 1 heterocycles. The van der Waals surface area contributed by atoms with Crippen LogP contribution in [0.25, 0.3) is 0 Å². The fourth-order valence-corrected chi connectivity index (χ4v) is 2.64. The van der Waals surface area contributed by atoms with Gasteiger partial charge in [-0.25, -0.2) is 5.84 Å². The molecule has 1 rings (SSSR count). The van der Waals surface area contributed by atoms with E-state index in [4.69, 9.17) is 5.84 Å². The number of hydrogen-bond donors (Lipinski definition) is 3. The molecule has 0 fully saturated rings. The molecule has 0 unspecified atom stereocenters. The second-order valence-corrected chi connectivity index (χ2v) is 5.29. The van der Waals surface area contributed by atoms with Crippen LogP contribution in [0.4, 0.5) is 0 Å². The quantitative estimate of drug-likeness (QED) is 0.382. The molecule has 0 saturated carbocycles. The largest absolute Gasteiger partial charge is 0.358 e. The van der Waals surface area contributed by atoms with Crippen molar-refractivity contribution in [3.63, 3.8) is 0 Å². The molecular weight excluding hydrogens is 264 g/mol. The van der Waals surface area contributed by atoms with E-state index in [1.54, 1.807) is 13.1 Å². The zero-order valence-corrected chi connectivity index (χ0v) is 12.0. The first-order valence-electron chi connectivity index (χ1n) is 6.13. The molecular formula is C12H20N4O2S. The van der Waals surface area contributed by atoms with Gasteiger partial charge in [0.05, 0.1) is 11.4 Å². The Kier molecular flexibility index (Phi) is 6.48. The Hall–Kier alpha value is -1.44. The molecule has 0 atom stereocenters. The first-order chi connectivity index (χ1) is 9.10. The fourth-order valence-electron chi connectivity index (χ4n) is 1.69. The minimum Gasteiger partial charge on any atom is -0.358 e. The lowest BCUT2D eigenvalue weighted by atomic mass is 10.3. The van der Waals surface area contributed by atoms with E-state index in [0.717, 1.165) is 17.8 Å². The van der Waals surface area contributed by atoms with E-state index >= 15 is 0 Å². The number of hydrazine groups is 1. The fraction of sp³-hybridized carbons (Fsp3) is 0.500. The van der Waals surface area contributed by atoms with E-state index < -0.39 is 0 Å². The van der Waals surface area contributed by atoms with E-state index in [2.05, 4.69) is 22.6 Å². The molecule has 6 nitrogen and oxygen atoms in total. The normalized spacial score (nSPS) is 10.5. The van der Waals surface area contributed by atoms with Gasteiger partial charge in [-0.1, -0.05) is 6.92 Å². The monoisotopic (exact) mass is 284 g/mol. The summed E-state index contributed by atoms with van der Waals surface area (Å²) in [5.41, 5.74) is 2.11. The van der Waals surface area contributed by atoms with E-state index in [-0.39, 0.29) is 11.8 Å². The lowest BCUT2D eigenvalue weighted by Gasteiger charge is -2.19. The van der Waals surface area contributed by atoms with Crippen LogP contribution < -0.4 is 16.6 Å². The molecule has 0 bridgehead atoms. The van der Waals surface area contributed by atoms with Crippen molar-refractivity contribution in [1.29, 1.82) is 0 Å². The molecule has 2 amide bonds. The lowest BCUT2D eigenvalue weighted by molar-refractivity contribution is -0.121. The maximum atomic E-state index is 11.4. The van der Waals surface area contributed by atoms with Crippen molar-refractivity contribution in [1.82, 2.24) is 15.6 Å². The molecule has 0 aromatic carbocycles. The Balaban J connectivity index is 2.65. The third-order valence-electron chi connectivity index (χ3n) is 2.58. The van der Waals surface area contributed by atoms with E-state index in [1.807, 2.05) is 6.07 Å². The van der Waals surface area contributed by atoms with E-state index in [0.29, 0.717) is 18.0 Å². The summed E-state index contributed by atoms with van der Waals surface area (Å²) in [6.45, 7) is 3.92. The first-order valence-corrected chi connectivity index (χ1v) is 6.95. The summed E-state index contributed by atoms with van der Waals surface area (Å²) in [5, 5.41) is 2.61. The van der Waals surface area contributed by atoms with E-state index in [1.165, 1.54) is 11.3 Å². The molecule has 19 heavy (non-hydrogen) atoms. The molecule has 0 saturated heterocycles. The predicted octanol–water partition coefficient (Wildman–Crippen LogP) is 0.310. The summed E-state index contributed by atoms with van der Waals surface area (Å²) in [6.07, 6.45) is 0.971. The van der Waals surface area contributed by atoms with Crippen LogP contribution in [-0.4, -0.2) is 36.9 Å². The second-order valence-electron chi connectivity index (χ2n) is 4.12. The molecule has 0 aliphatic carbocycles. The van der Waals surface area contributed by atoms with Gasteiger partial charge >= 0.3 is 0 Å². The van der Waals surface area contributed by atoms with Gasteiger partial charge in [-0.2, -0.15) is 0 Å². The Labute approximate surface area is 116 Å². The molecule has 0 aliphatic rings. The zero-order chi connectivity index (χ0) is 14.3. The number of nitrogens with one attached hydrogen (secondary N) is 2. The Morgan fingerprint density at radius 2 is 2.16 bits per heavy atom. The smallest absolute Gasteiger partial charge is 0.275 e. The highest BCUT2D eigenvalue weighted by molar-refractivity contribution is 7.14. The van der Waals surface area contributed by atoms with Crippen LogP contribution in [0.15, 0.2) is 12.1 Å². The van der Waals surface area contributed by atoms with Crippen molar-refractivity contribution < 1.29 is 9.59 Å². The molecule has 106 valence electrons. The van der Waals surface area contributed by atoms with Gasteiger partial charge in [0.15, 0.2) is 0 Å². The maximum Gasteiger partial charge on any atom is 0.275 e. The number of nitrogens with zero attached hydrogens (tertiary/aromatic N) is 1. The number of carbonyl (C=O) groups excluding carboxylic acids is 2. The lowest BCUT2D eigenvalue weighted by Crippen LogP contribution is -2.35. The number of nitrogens with two attached hydrogens (primary N) is 1. The van der Waals surface area contributed by atoms with Gasteiger partial charge in [-0.05, 0) is 25.1 Å². The third-order valence-corrected chi connectivity index (χ3v) is 3.65. The van der Waals surface area contributed by atoms with Gasteiger partial charge < -0.3 is 5.32 Å². The number of amides is 2. The molecule has 0 aliphatic heterocycles. The number of rotatable bonds is 7. The highest BCUT2D eigenvalue weighted by Crippen LogP contribution is 2.18. The van der Waals surface area contributed by atoms with Crippen molar-refractivity contribution in [2.75, 3.05) is 20.1 Å². The molecule has 1 aromatic heterocycles. The van der Waals surface area contributed by atoms with Crippen LogP contribution >= 0.6 is 11.3 Å². The maximum absolute atomic E-state index is 11.4. The topological polar surface area (TPSA) is 87.5 Å². The molecule has 7 heteroatoms. The van der Waals surface area contributed by atoms with Crippen LogP contribution in [-0.2, 0) is 11.3 Å². The van der Waals surface area contributed by atoms with Crippen molar-refractivity contribution in [2.24, 2.45) is 5.84 Å². The second kappa shape index (κ2) is 7.88. The Bertz CT molecular complexity index is 433. The highest BCUT2D eigenvalue weighted by Gasteiger charge is 2.12. The molecule has 1 aromatic rings. The summed E-state index contributed by atoms with van der Waals surface area (Å²) in [7, 11) is 1.63. The third kappa shape index (κ3) is 4.98. The van der Waals surface area contributed by atoms with Crippen molar-refractivity contribution in [2.45, 2.75) is 19.9 Å². The minimum absolute atomic E-state index is 0.00932. The van der Waals surface area contributed by atoms with Crippen LogP contribution in [0, 0.1) is 0 Å². The average Bonchev–Trinajstić information content (AvgIpc) is 2.86. The molecule has 0 spiro atoms. The summed E-state index contributed by atoms with van der Waals surface area (Å²) >= 11 is 1.39. The number of thiophene rings is 1. The van der Waals surface area contributed by atoms with Gasteiger partial charge in [0, 0.05) is 18.5 Å². The SMILES string of the molecule is CCCN(CC(=O)NC)Cc1ccc(C(=O)NN)s1. The van der Waals surface area contributed by atoms with Crippen LogP contribution in [0.3, 0.4) is 0 Å².